The predicted molar refractivity (Wildman–Crippen MR) is 84.0 cm³/mol. The van der Waals surface area contributed by atoms with Crippen molar-refractivity contribution in [2.45, 2.75) is 24.7 Å². The van der Waals surface area contributed by atoms with E-state index >= 15 is 0 Å². The van der Waals surface area contributed by atoms with Crippen LogP contribution in [-0.4, -0.2) is 39.5 Å². The second-order valence-electron chi connectivity index (χ2n) is 5.46. The van der Waals surface area contributed by atoms with Gasteiger partial charge in [-0.2, -0.15) is 4.31 Å². The molecule has 1 fully saturated rings. The maximum Gasteiger partial charge on any atom is 0.243 e. The molecule has 0 unspecified atom stereocenters. The second kappa shape index (κ2) is 6.52. The van der Waals surface area contributed by atoms with Crippen molar-refractivity contribution in [3.63, 3.8) is 0 Å². The normalized spacial score (nSPS) is 15.6. The standard InChI is InChI=1S/C14H21ClN2O3S/c1-10-13(15)7-12(8-14(10)16)21(18,19)17(2)5-6-20-9-11-3-4-11/h7-8,11H,3-6,9,16H2,1-2H3. The summed E-state index contributed by atoms with van der Waals surface area (Å²) in [5.41, 5.74) is 6.85. The molecule has 7 heteroatoms. The molecule has 0 spiro atoms. The Labute approximate surface area is 131 Å². The fourth-order valence-electron chi connectivity index (χ4n) is 1.85. The summed E-state index contributed by atoms with van der Waals surface area (Å²) in [6, 6.07) is 2.88. The second-order valence-corrected chi connectivity index (χ2v) is 7.92. The molecule has 0 aliphatic heterocycles. The lowest BCUT2D eigenvalue weighted by molar-refractivity contribution is 0.117. The van der Waals surface area contributed by atoms with Crippen LogP contribution < -0.4 is 5.73 Å². The maximum atomic E-state index is 12.4. The molecule has 0 atom stereocenters. The summed E-state index contributed by atoms with van der Waals surface area (Å²) in [6.07, 6.45) is 2.44. The van der Waals surface area contributed by atoms with Crippen LogP contribution in [0.25, 0.3) is 0 Å². The summed E-state index contributed by atoms with van der Waals surface area (Å²) in [5, 5.41) is 0.354. The van der Waals surface area contributed by atoms with Crippen LogP contribution in [-0.2, 0) is 14.8 Å². The largest absolute Gasteiger partial charge is 0.398 e. The summed E-state index contributed by atoms with van der Waals surface area (Å²) in [5.74, 6) is 0.669. The highest BCUT2D eigenvalue weighted by atomic mass is 35.5. The first-order valence-corrected chi connectivity index (χ1v) is 8.74. The van der Waals surface area contributed by atoms with Gasteiger partial charge in [0.15, 0.2) is 0 Å². The highest BCUT2D eigenvalue weighted by Gasteiger charge is 2.24. The van der Waals surface area contributed by atoms with Crippen LogP contribution in [0.15, 0.2) is 17.0 Å². The monoisotopic (exact) mass is 332 g/mol. The van der Waals surface area contributed by atoms with E-state index in [0.29, 0.717) is 35.3 Å². The van der Waals surface area contributed by atoms with Crippen molar-refractivity contribution in [2.24, 2.45) is 5.92 Å². The van der Waals surface area contributed by atoms with Crippen molar-refractivity contribution in [3.05, 3.63) is 22.7 Å². The molecule has 2 N–H and O–H groups in total. The smallest absolute Gasteiger partial charge is 0.243 e. The third-order valence-electron chi connectivity index (χ3n) is 3.67. The van der Waals surface area contributed by atoms with Crippen LogP contribution in [0.2, 0.25) is 5.02 Å². The summed E-state index contributed by atoms with van der Waals surface area (Å²) >= 11 is 6.01. The van der Waals surface area contributed by atoms with Crippen LogP contribution in [0.1, 0.15) is 18.4 Å². The molecular weight excluding hydrogens is 312 g/mol. The highest BCUT2D eigenvalue weighted by molar-refractivity contribution is 7.89. The number of hydrogen-bond donors (Lipinski definition) is 1. The molecule has 0 heterocycles. The third kappa shape index (κ3) is 4.10. The van der Waals surface area contributed by atoms with Crippen LogP contribution in [0.3, 0.4) is 0 Å². The molecular formula is C14H21ClN2O3S. The Hall–Kier alpha value is -0.820. The summed E-state index contributed by atoms with van der Waals surface area (Å²) in [4.78, 5) is 0.111. The Morgan fingerprint density at radius 2 is 2.10 bits per heavy atom. The van der Waals surface area contributed by atoms with Crippen LogP contribution in [0.5, 0.6) is 0 Å². The number of rotatable bonds is 7. The number of anilines is 1. The summed E-state index contributed by atoms with van der Waals surface area (Å²) < 4.78 is 31.6. The van der Waals surface area contributed by atoms with Gasteiger partial charge in [-0.3, -0.25) is 0 Å². The Bertz CT molecular complexity index is 592. The number of sulfonamides is 1. The Balaban J connectivity index is 2.01. The number of benzene rings is 1. The summed E-state index contributed by atoms with van der Waals surface area (Å²) in [6.45, 7) is 3.17. The SMILES string of the molecule is Cc1c(N)cc(S(=O)(=O)N(C)CCOCC2CC2)cc1Cl. The van der Waals surface area contributed by atoms with E-state index < -0.39 is 10.0 Å². The van der Waals surface area contributed by atoms with Gasteiger partial charge in [0.05, 0.1) is 11.5 Å². The zero-order chi connectivity index (χ0) is 15.6. The van der Waals surface area contributed by atoms with Crippen molar-refractivity contribution < 1.29 is 13.2 Å². The van der Waals surface area contributed by atoms with E-state index in [4.69, 9.17) is 22.1 Å². The lowest BCUT2D eigenvalue weighted by atomic mass is 10.2. The van der Waals surface area contributed by atoms with E-state index in [0.717, 1.165) is 6.61 Å². The maximum absolute atomic E-state index is 12.4. The number of nitrogens with zero attached hydrogens (tertiary/aromatic N) is 1. The van der Waals surface area contributed by atoms with Gasteiger partial charge < -0.3 is 10.5 Å². The van der Waals surface area contributed by atoms with E-state index in [1.165, 1.54) is 36.3 Å². The number of halogens is 1. The van der Waals surface area contributed by atoms with E-state index in [-0.39, 0.29) is 4.90 Å². The number of nitrogen functional groups attached to an aromatic ring is 1. The van der Waals surface area contributed by atoms with Crippen molar-refractivity contribution in [3.8, 4) is 0 Å². The Morgan fingerprint density at radius 3 is 2.67 bits per heavy atom. The average molecular weight is 333 g/mol. The number of nitrogens with two attached hydrogens (primary N) is 1. The molecule has 21 heavy (non-hydrogen) atoms. The molecule has 5 nitrogen and oxygen atoms in total. The number of hydrogen-bond acceptors (Lipinski definition) is 4. The van der Waals surface area contributed by atoms with Gasteiger partial charge in [0.2, 0.25) is 10.0 Å². The van der Waals surface area contributed by atoms with Crippen molar-refractivity contribution >= 4 is 27.3 Å². The van der Waals surface area contributed by atoms with Gasteiger partial charge in [-0.1, -0.05) is 11.6 Å². The van der Waals surface area contributed by atoms with Crippen molar-refractivity contribution in [1.29, 1.82) is 0 Å². The molecule has 1 aromatic carbocycles. The Morgan fingerprint density at radius 1 is 1.43 bits per heavy atom. The Kier molecular flexibility index (Phi) is 5.14. The number of likely N-dealkylation sites (N-methyl/N-ethyl adjacent to an activating group) is 1. The van der Waals surface area contributed by atoms with E-state index in [1.54, 1.807) is 6.92 Å². The topological polar surface area (TPSA) is 72.6 Å². The zero-order valence-corrected chi connectivity index (χ0v) is 13.9. The van der Waals surface area contributed by atoms with E-state index in [1.807, 2.05) is 0 Å². The first-order valence-electron chi connectivity index (χ1n) is 6.92. The fraction of sp³-hybridized carbons (Fsp3) is 0.571. The van der Waals surface area contributed by atoms with Gasteiger partial charge in [0.25, 0.3) is 0 Å². The van der Waals surface area contributed by atoms with Crippen LogP contribution >= 0.6 is 11.6 Å². The van der Waals surface area contributed by atoms with Gasteiger partial charge in [0, 0.05) is 30.9 Å². The van der Waals surface area contributed by atoms with E-state index in [2.05, 4.69) is 0 Å². The minimum Gasteiger partial charge on any atom is -0.398 e. The minimum atomic E-state index is -3.60. The molecule has 0 aromatic heterocycles. The quantitative estimate of drug-likeness (QED) is 0.614. The van der Waals surface area contributed by atoms with Gasteiger partial charge in [-0.25, -0.2) is 8.42 Å². The lowest BCUT2D eigenvalue weighted by Crippen LogP contribution is -2.30. The molecule has 0 amide bonds. The van der Waals surface area contributed by atoms with Gasteiger partial charge in [-0.05, 0) is 43.4 Å². The molecule has 0 bridgehead atoms. The van der Waals surface area contributed by atoms with Crippen LogP contribution in [0, 0.1) is 12.8 Å². The molecule has 1 aliphatic rings. The molecule has 1 aliphatic carbocycles. The summed E-state index contributed by atoms with van der Waals surface area (Å²) in [7, 11) is -2.07. The predicted octanol–water partition coefficient (Wildman–Crippen LogP) is 2.28. The van der Waals surface area contributed by atoms with Gasteiger partial charge in [-0.15, -0.1) is 0 Å². The molecule has 1 saturated carbocycles. The van der Waals surface area contributed by atoms with Crippen molar-refractivity contribution in [2.75, 3.05) is 32.5 Å². The zero-order valence-electron chi connectivity index (χ0n) is 12.3. The third-order valence-corrected chi connectivity index (χ3v) is 5.89. The fourth-order valence-corrected chi connectivity index (χ4v) is 3.36. The first-order chi connectivity index (χ1) is 9.82. The van der Waals surface area contributed by atoms with Gasteiger partial charge >= 0.3 is 0 Å². The van der Waals surface area contributed by atoms with Gasteiger partial charge in [0.1, 0.15) is 0 Å². The lowest BCUT2D eigenvalue weighted by Gasteiger charge is -2.18. The highest BCUT2D eigenvalue weighted by Crippen LogP contribution is 2.29. The molecule has 1 aromatic rings. The molecule has 0 saturated heterocycles. The molecule has 2 rings (SSSR count). The molecule has 0 radical (unpaired) electrons. The van der Waals surface area contributed by atoms with E-state index in [9.17, 15) is 8.42 Å². The van der Waals surface area contributed by atoms with Crippen molar-refractivity contribution in [1.82, 2.24) is 4.31 Å². The number of ether oxygens (including phenoxy) is 1. The molecule has 118 valence electrons. The minimum absolute atomic E-state index is 0.111. The first kappa shape index (κ1) is 16.5. The van der Waals surface area contributed by atoms with Crippen LogP contribution in [0.4, 0.5) is 5.69 Å². The average Bonchev–Trinajstić information content (AvgIpc) is 3.24.